The summed E-state index contributed by atoms with van der Waals surface area (Å²) < 4.78 is 1.74. The number of aromatic amines is 1. The number of nitrogens with one attached hydrogen (secondary N) is 3. The Morgan fingerprint density at radius 1 is 1.21 bits per heavy atom. The van der Waals surface area contributed by atoms with Crippen molar-refractivity contribution in [1.29, 1.82) is 0 Å². The Bertz CT molecular complexity index is 1370. The van der Waals surface area contributed by atoms with Crippen LogP contribution in [-0.2, 0) is 7.05 Å². The molecule has 8 nitrogen and oxygen atoms in total. The Hall–Kier alpha value is -3.94. The second kappa shape index (κ2) is 7.30. The Labute approximate surface area is 191 Å². The zero-order chi connectivity index (χ0) is 22.6. The summed E-state index contributed by atoms with van der Waals surface area (Å²) in [6.45, 7) is 3.82. The Morgan fingerprint density at radius 2 is 2.00 bits per heavy atom. The smallest absolute Gasteiger partial charge is 0.251 e. The number of aromatic nitrogens is 5. The van der Waals surface area contributed by atoms with E-state index < -0.39 is 0 Å². The number of rotatable bonds is 7. The maximum absolute atomic E-state index is 12.5. The van der Waals surface area contributed by atoms with Crippen LogP contribution in [0.3, 0.4) is 0 Å². The van der Waals surface area contributed by atoms with Crippen LogP contribution in [-0.4, -0.2) is 36.4 Å². The van der Waals surface area contributed by atoms with Gasteiger partial charge in [-0.25, -0.2) is 4.68 Å². The highest BCUT2D eigenvalue weighted by Gasteiger charge is 2.41. The molecule has 2 fully saturated rings. The minimum Gasteiger partial charge on any atom is -0.343 e. The third-order valence-corrected chi connectivity index (χ3v) is 6.61. The van der Waals surface area contributed by atoms with E-state index in [4.69, 9.17) is 4.98 Å². The van der Waals surface area contributed by atoms with Gasteiger partial charge in [-0.3, -0.25) is 9.89 Å². The summed E-state index contributed by atoms with van der Waals surface area (Å²) in [6, 6.07) is 11.5. The molecule has 2 aromatic carbocycles. The number of hydrogen-bond donors (Lipinski definition) is 3. The van der Waals surface area contributed by atoms with Crippen molar-refractivity contribution < 1.29 is 4.79 Å². The molecule has 0 atom stereocenters. The molecule has 1 amide bonds. The molecule has 0 saturated heterocycles. The molecule has 2 aliphatic carbocycles. The first-order valence-electron chi connectivity index (χ1n) is 11.3. The zero-order valence-corrected chi connectivity index (χ0v) is 18.4. The van der Waals surface area contributed by atoms with E-state index in [9.17, 15) is 4.79 Å². The first kappa shape index (κ1) is 19.7. The van der Waals surface area contributed by atoms with Crippen LogP contribution in [0.15, 0.2) is 55.3 Å². The van der Waals surface area contributed by atoms with Crippen molar-refractivity contribution in [2.24, 2.45) is 7.05 Å². The largest absolute Gasteiger partial charge is 0.343 e. The molecule has 8 heteroatoms. The monoisotopic (exact) mass is 439 g/mol. The highest BCUT2D eigenvalue weighted by Crippen LogP contribution is 2.47. The number of aryl methyl sites for hydroxylation is 1. The third-order valence-electron chi connectivity index (χ3n) is 6.61. The van der Waals surface area contributed by atoms with Gasteiger partial charge < -0.3 is 10.6 Å². The summed E-state index contributed by atoms with van der Waals surface area (Å²) >= 11 is 0. The maximum atomic E-state index is 12.5. The predicted octanol–water partition coefficient (Wildman–Crippen LogP) is 4.43. The Morgan fingerprint density at radius 3 is 2.70 bits per heavy atom. The van der Waals surface area contributed by atoms with Gasteiger partial charge in [-0.1, -0.05) is 18.2 Å². The average Bonchev–Trinajstić information content (AvgIpc) is 3.73. The molecule has 0 bridgehead atoms. The summed E-state index contributed by atoms with van der Waals surface area (Å²) in [5.41, 5.74) is 4.62. The summed E-state index contributed by atoms with van der Waals surface area (Å²) in [6.07, 6.45) is 8.00. The van der Waals surface area contributed by atoms with E-state index in [0.29, 0.717) is 23.3 Å². The lowest BCUT2D eigenvalue weighted by Crippen LogP contribution is -2.34. The molecule has 0 spiro atoms. The number of anilines is 2. The summed E-state index contributed by atoms with van der Waals surface area (Å²) in [5, 5.41) is 19.5. The number of hydrogen-bond acceptors (Lipinski definition) is 5. The standard InChI is InChI=1S/C25H25N7O/c1-3-25(12-13-25)29-23(33)17-8-6-16(7-9-17)22-28-24(32(2)31-22)27-20-11-10-19-18(14-26-30-19)21(20)15-4-5-15/h3,6-11,14-15H,1,4-5,12-13H2,2H3,(H,26,30)(H,29,33)(H,27,28,31). The fourth-order valence-electron chi connectivity index (χ4n) is 4.28. The molecule has 2 heterocycles. The molecule has 33 heavy (non-hydrogen) atoms. The van der Waals surface area contributed by atoms with Crippen LogP contribution < -0.4 is 10.6 Å². The van der Waals surface area contributed by atoms with Crippen molar-refractivity contribution in [3.63, 3.8) is 0 Å². The number of benzene rings is 2. The summed E-state index contributed by atoms with van der Waals surface area (Å²) in [4.78, 5) is 17.2. The highest BCUT2D eigenvalue weighted by atomic mass is 16.1. The minimum absolute atomic E-state index is 0.0856. The second-order valence-corrected chi connectivity index (χ2v) is 9.03. The van der Waals surface area contributed by atoms with E-state index in [1.54, 1.807) is 4.68 Å². The maximum Gasteiger partial charge on any atom is 0.251 e. The normalized spacial score (nSPS) is 16.5. The molecule has 4 aromatic rings. The fraction of sp³-hybridized carbons (Fsp3) is 0.280. The first-order chi connectivity index (χ1) is 16.0. The van der Waals surface area contributed by atoms with Gasteiger partial charge in [-0.15, -0.1) is 11.7 Å². The van der Waals surface area contributed by atoms with Gasteiger partial charge in [-0.05, 0) is 61.4 Å². The van der Waals surface area contributed by atoms with Crippen molar-refractivity contribution in [2.45, 2.75) is 37.1 Å². The van der Waals surface area contributed by atoms with E-state index >= 15 is 0 Å². The molecule has 6 rings (SSSR count). The summed E-state index contributed by atoms with van der Waals surface area (Å²) in [7, 11) is 1.87. The number of amides is 1. The van der Waals surface area contributed by atoms with E-state index in [1.165, 1.54) is 18.4 Å². The summed E-state index contributed by atoms with van der Waals surface area (Å²) in [5.74, 6) is 1.74. The number of carbonyl (C=O) groups is 1. The van der Waals surface area contributed by atoms with Crippen molar-refractivity contribution in [2.75, 3.05) is 5.32 Å². The second-order valence-electron chi connectivity index (χ2n) is 9.03. The lowest BCUT2D eigenvalue weighted by molar-refractivity contribution is 0.0940. The quantitative estimate of drug-likeness (QED) is 0.370. The Kier molecular flexibility index (Phi) is 4.36. The van der Waals surface area contributed by atoms with Gasteiger partial charge in [0.1, 0.15) is 0 Å². The zero-order valence-electron chi connectivity index (χ0n) is 18.4. The number of nitrogens with zero attached hydrogens (tertiary/aromatic N) is 4. The van der Waals surface area contributed by atoms with E-state index in [1.807, 2.05) is 49.7 Å². The number of fused-ring (bicyclic) bond motifs is 1. The molecular formula is C25H25N7O. The number of H-pyrrole nitrogens is 1. The minimum atomic E-state index is -0.225. The van der Waals surface area contributed by atoms with Gasteiger partial charge in [0.25, 0.3) is 5.91 Å². The third kappa shape index (κ3) is 3.57. The molecule has 166 valence electrons. The predicted molar refractivity (Wildman–Crippen MR) is 127 cm³/mol. The highest BCUT2D eigenvalue weighted by molar-refractivity contribution is 5.95. The van der Waals surface area contributed by atoms with Crippen molar-refractivity contribution in [3.05, 3.63) is 66.4 Å². The van der Waals surface area contributed by atoms with Crippen molar-refractivity contribution >= 4 is 28.4 Å². The molecule has 2 aromatic heterocycles. The molecule has 0 aliphatic heterocycles. The van der Waals surface area contributed by atoms with Gasteiger partial charge in [0, 0.05) is 29.2 Å². The molecule has 2 saturated carbocycles. The van der Waals surface area contributed by atoms with Crippen LogP contribution in [0.4, 0.5) is 11.6 Å². The van der Waals surface area contributed by atoms with Crippen LogP contribution in [0, 0.1) is 0 Å². The average molecular weight is 440 g/mol. The molecule has 0 unspecified atom stereocenters. The first-order valence-corrected chi connectivity index (χ1v) is 11.3. The molecular weight excluding hydrogens is 414 g/mol. The van der Waals surface area contributed by atoms with Gasteiger partial charge >= 0.3 is 0 Å². The van der Waals surface area contributed by atoms with Crippen molar-refractivity contribution in [1.82, 2.24) is 30.3 Å². The van der Waals surface area contributed by atoms with E-state index in [-0.39, 0.29) is 11.4 Å². The van der Waals surface area contributed by atoms with Gasteiger partial charge in [0.15, 0.2) is 5.82 Å². The number of carbonyl (C=O) groups excluding carboxylic acids is 1. The van der Waals surface area contributed by atoms with Crippen LogP contribution >= 0.6 is 0 Å². The van der Waals surface area contributed by atoms with Crippen molar-refractivity contribution in [3.8, 4) is 11.4 Å². The SMILES string of the molecule is C=CC1(NC(=O)c2ccc(-c3nc(Nc4ccc5[nH]ncc5c4C4CC4)n(C)n3)cc2)CC1. The molecule has 3 N–H and O–H groups in total. The van der Waals surface area contributed by atoms with Gasteiger partial charge in [0.2, 0.25) is 5.95 Å². The topological polar surface area (TPSA) is 101 Å². The van der Waals surface area contributed by atoms with Gasteiger partial charge in [-0.2, -0.15) is 10.1 Å². The van der Waals surface area contributed by atoms with Crippen LogP contribution in [0.2, 0.25) is 0 Å². The van der Waals surface area contributed by atoms with E-state index in [2.05, 4.69) is 38.6 Å². The lowest BCUT2D eigenvalue weighted by atomic mass is 10.0. The van der Waals surface area contributed by atoms with Crippen LogP contribution in [0.5, 0.6) is 0 Å². The Balaban J connectivity index is 1.24. The van der Waals surface area contributed by atoms with Gasteiger partial charge in [0.05, 0.1) is 17.3 Å². The molecule has 0 radical (unpaired) electrons. The van der Waals surface area contributed by atoms with E-state index in [0.717, 1.165) is 35.0 Å². The van der Waals surface area contributed by atoms with Crippen LogP contribution in [0.1, 0.15) is 47.5 Å². The fourth-order valence-corrected chi connectivity index (χ4v) is 4.28. The lowest BCUT2D eigenvalue weighted by Gasteiger charge is -2.12. The van der Waals surface area contributed by atoms with Crippen LogP contribution in [0.25, 0.3) is 22.3 Å². The molecule has 2 aliphatic rings.